The second-order valence-electron chi connectivity index (χ2n) is 8.22. The van der Waals surface area contributed by atoms with Crippen LogP contribution in [0.5, 0.6) is 0 Å². The third-order valence-electron chi connectivity index (χ3n) is 6.25. The van der Waals surface area contributed by atoms with Crippen LogP contribution in [-0.4, -0.2) is 21.8 Å². The highest BCUT2D eigenvalue weighted by Crippen LogP contribution is 2.37. The summed E-state index contributed by atoms with van der Waals surface area (Å²) < 4.78 is 2.22. The number of aryl methyl sites for hydroxylation is 1. The predicted molar refractivity (Wildman–Crippen MR) is 136 cm³/mol. The largest absolute Gasteiger partial charge is 0.322 e. The number of carbonyl (C=O) groups excluding carboxylic acids is 1. The van der Waals surface area contributed by atoms with Crippen molar-refractivity contribution in [3.63, 3.8) is 0 Å². The lowest BCUT2D eigenvalue weighted by Gasteiger charge is -2.31. The number of hydrogen-bond donors (Lipinski definition) is 1. The normalized spacial score (nSPS) is 14.8. The Kier molecular flexibility index (Phi) is 5.97. The number of hydrogen-bond acceptors (Lipinski definition) is 2. The highest BCUT2D eigenvalue weighted by molar-refractivity contribution is 7.98. The summed E-state index contributed by atoms with van der Waals surface area (Å²) in [5, 5.41) is 3.15. The maximum atomic E-state index is 13.8. The van der Waals surface area contributed by atoms with Crippen LogP contribution in [0.15, 0.2) is 96.0 Å². The second-order valence-corrected chi connectivity index (χ2v) is 9.10. The Balaban J connectivity index is 1.60. The average molecular weight is 454 g/mol. The van der Waals surface area contributed by atoms with E-state index in [1.54, 1.807) is 11.8 Å². The molecule has 1 aliphatic rings. The standard InChI is InChI=1S/C28H27N3OS/c1-3-20-13-15-21(16-14-20)27-26-12-7-17-30(26)25-11-5-4-8-22(25)19-31(27)28(32)29-23-9-6-10-24(18-23)33-2/h4-18,27H,3,19H2,1-2H3,(H,29,32)/t27-/m1/s1. The van der Waals surface area contributed by atoms with Gasteiger partial charge in [0.1, 0.15) is 0 Å². The number of thioether (sulfide) groups is 1. The molecule has 4 aromatic rings. The molecule has 1 aliphatic heterocycles. The van der Waals surface area contributed by atoms with Crippen molar-refractivity contribution in [3.05, 3.63) is 114 Å². The molecule has 0 spiro atoms. The molecule has 166 valence electrons. The first-order valence-electron chi connectivity index (χ1n) is 11.2. The molecular formula is C28H27N3OS. The number of anilines is 1. The third-order valence-corrected chi connectivity index (χ3v) is 6.97. The van der Waals surface area contributed by atoms with Crippen LogP contribution in [0.1, 0.15) is 35.3 Å². The molecule has 5 rings (SSSR count). The van der Waals surface area contributed by atoms with Crippen LogP contribution in [-0.2, 0) is 13.0 Å². The molecule has 1 N–H and O–H groups in total. The van der Waals surface area contributed by atoms with E-state index >= 15 is 0 Å². The van der Waals surface area contributed by atoms with Crippen LogP contribution >= 0.6 is 11.8 Å². The maximum Gasteiger partial charge on any atom is 0.322 e. The SMILES string of the molecule is CCc1ccc([C@@H]2c3cccn3-c3ccccc3CN2C(=O)Nc2cccc(SC)c2)cc1. The van der Waals surface area contributed by atoms with E-state index in [0.29, 0.717) is 6.54 Å². The Morgan fingerprint density at radius 1 is 1.00 bits per heavy atom. The van der Waals surface area contributed by atoms with Gasteiger partial charge in [-0.1, -0.05) is 55.5 Å². The topological polar surface area (TPSA) is 37.3 Å². The van der Waals surface area contributed by atoms with Gasteiger partial charge in [0.15, 0.2) is 0 Å². The smallest absolute Gasteiger partial charge is 0.318 e. The zero-order valence-corrected chi connectivity index (χ0v) is 19.7. The molecule has 0 radical (unpaired) electrons. The molecule has 0 bridgehead atoms. The summed E-state index contributed by atoms with van der Waals surface area (Å²) in [5.41, 5.74) is 6.52. The van der Waals surface area contributed by atoms with Crippen molar-refractivity contribution in [3.8, 4) is 5.69 Å². The van der Waals surface area contributed by atoms with Crippen LogP contribution in [0.25, 0.3) is 5.69 Å². The molecule has 1 atom stereocenters. The number of rotatable bonds is 4. The lowest BCUT2D eigenvalue weighted by atomic mass is 10.00. The van der Waals surface area contributed by atoms with E-state index in [1.807, 2.05) is 41.5 Å². The molecule has 0 unspecified atom stereocenters. The van der Waals surface area contributed by atoms with E-state index in [2.05, 4.69) is 77.6 Å². The fourth-order valence-electron chi connectivity index (χ4n) is 4.52. The van der Waals surface area contributed by atoms with Gasteiger partial charge in [0, 0.05) is 22.5 Å². The first-order valence-corrected chi connectivity index (χ1v) is 12.5. The first-order chi connectivity index (χ1) is 16.2. The highest BCUT2D eigenvalue weighted by atomic mass is 32.2. The molecule has 0 aliphatic carbocycles. The summed E-state index contributed by atoms with van der Waals surface area (Å²) in [4.78, 5) is 16.8. The molecule has 2 heterocycles. The van der Waals surface area contributed by atoms with Crippen molar-refractivity contribution in [1.82, 2.24) is 9.47 Å². The molecule has 1 aromatic heterocycles. The van der Waals surface area contributed by atoms with Crippen LogP contribution in [0.3, 0.4) is 0 Å². The number of urea groups is 1. The number of para-hydroxylation sites is 1. The van der Waals surface area contributed by atoms with Crippen molar-refractivity contribution < 1.29 is 4.79 Å². The number of fused-ring (bicyclic) bond motifs is 3. The third kappa shape index (κ3) is 4.16. The fourth-order valence-corrected chi connectivity index (χ4v) is 4.98. The van der Waals surface area contributed by atoms with Gasteiger partial charge < -0.3 is 14.8 Å². The van der Waals surface area contributed by atoms with Crippen molar-refractivity contribution in [1.29, 1.82) is 0 Å². The highest BCUT2D eigenvalue weighted by Gasteiger charge is 2.33. The van der Waals surface area contributed by atoms with Crippen LogP contribution < -0.4 is 5.32 Å². The van der Waals surface area contributed by atoms with E-state index in [4.69, 9.17) is 0 Å². The second kappa shape index (κ2) is 9.20. The van der Waals surface area contributed by atoms with Crippen LogP contribution in [0.4, 0.5) is 10.5 Å². The predicted octanol–water partition coefficient (Wildman–Crippen LogP) is 6.90. The summed E-state index contributed by atoms with van der Waals surface area (Å²) in [6.45, 7) is 2.68. The van der Waals surface area contributed by atoms with Crippen molar-refractivity contribution in [2.24, 2.45) is 0 Å². The van der Waals surface area contributed by atoms with E-state index in [0.717, 1.165) is 39.5 Å². The molecule has 3 aromatic carbocycles. The Morgan fingerprint density at radius 2 is 1.82 bits per heavy atom. The lowest BCUT2D eigenvalue weighted by Crippen LogP contribution is -2.37. The van der Waals surface area contributed by atoms with Gasteiger partial charge in [-0.2, -0.15) is 0 Å². The van der Waals surface area contributed by atoms with E-state index in [-0.39, 0.29) is 12.1 Å². The first kappa shape index (κ1) is 21.4. The minimum atomic E-state index is -0.206. The molecule has 2 amide bonds. The number of nitrogens with zero attached hydrogens (tertiary/aromatic N) is 2. The Hall–Kier alpha value is -3.44. The van der Waals surface area contributed by atoms with Gasteiger partial charge in [-0.05, 0) is 65.8 Å². The lowest BCUT2D eigenvalue weighted by molar-refractivity contribution is 0.194. The van der Waals surface area contributed by atoms with E-state index < -0.39 is 0 Å². The number of benzene rings is 3. The Labute approximate surface area is 199 Å². The van der Waals surface area contributed by atoms with Gasteiger partial charge in [0.25, 0.3) is 0 Å². The zero-order valence-electron chi connectivity index (χ0n) is 18.9. The summed E-state index contributed by atoms with van der Waals surface area (Å²) in [6, 6.07) is 28.8. The van der Waals surface area contributed by atoms with Gasteiger partial charge in [-0.15, -0.1) is 11.8 Å². The molecule has 0 saturated heterocycles. The fraction of sp³-hybridized carbons (Fsp3) is 0.179. The van der Waals surface area contributed by atoms with E-state index in [1.165, 1.54) is 5.56 Å². The van der Waals surface area contributed by atoms with Gasteiger partial charge in [0.2, 0.25) is 0 Å². The molecule has 0 saturated carbocycles. The molecule has 0 fully saturated rings. The monoisotopic (exact) mass is 453 g/mol. The summed E-state index contributed by atoms with van der Waals surface area (Å²) in [5.74, 6) is 0. The van der Waals surface area contributed by atoms with Crippen molar-refractivity contribution >= 4 is 23.5 Å². The van der Waals surface area contributed by atoms with Crippen molar-refractivity contribution in [2.75, 3.05) is 11.6 Å². The molecular weight excluding hydrogens is 426 g/mol. The number of carbonyl (C=O) groups is 1. The number of nitrogens with one attached hydrogen (secondary N) is 1. The summed E-state index contributed by atoms with van der Waals surface area (Å²) in [7, 11) is 0. The van der Waals surface area contributed by atoms with Gasteiger partial charge >= 0.3 is 6.03 Å². The molecule has 33 heavy (non-hydrogen) atoms. The van der Waals surface area contributed by atoms with Crippen molar-refractivity contribution in [2.45, 2.75) is 30.8 Å². The van der Waals surface area contributed by atoms with Crippen LogP contribution in [0.2, 0.25) is 0 Å². The minimum absolute atomic E-state index is 0.109. The minimum Gasteiger partial charge on any atom is -0.318 e. The number of amides is 2. The maximum absolute atomic E-state index is 13.8. The van der Waals surface area contributed by atoms with Crippen LogP contribution in [0, 0.1) is 0 Å². The average Bonchev–Trinajstić information content (AvgIpc) is 3.28. The molecule has 4 nitrogen and oxygen atoms in total. The summed E-state index contributed by atoms with van der Waals surface area (Å²) >= 11 is 1.66. The molecule has 5 heteroatoms. The number of aromatic nitrogens is 1. The Bertz CT molecular complexity index is 1280. The summed E-state index contributed by atoms with van der Waals surface area (Å²) in [6.07, 6.45) is 5.12. The van der Waals surface area contributed by atoms with Gasteiger partial charge in [-0.3, -0.25) is 0 Å². The van der Waals surface area contributed by atoms with Gasteiger partial charge in [0.05, 0.1) is 18.3 Å². The zero-order chi connectivity index (χ0) is 22.8. The van der Waals surface area contributed by atoms with Gasteiger partial charge in [-0.25, -0.2) is 4.79 Å². The Morgan fingerprint density at radius 3 is 2.61 bits per heavy atom. The van der Waals surface area contributed by atoms with E-state index in [9.17, 15) is 4.79 Å². The quantitative estimate of drug-likeness (QED) is 0.341.